The molecule has 0 aromatic heterocycles. The molecule has 1 saturated heterocycles. The highest BCUT2D eigenvalue weighted by Gasteiger charge is 2.38. The van der Waals surface area contributed by atoms with Gasteiger partial charge < -0.3 is 16.4 Å². The van der Waals surface area contributed by atoms with Crippen LogP contribution < -0.4 is 16.4 Å². The number of fused-ring (bicyclic) bond motifs is 1. The lowest BCUT2D eigenvalue weighted by Crippen LogP contribution is -2.44. The van der Waals surface area contributed by atoms with E-state index in [9.17, 15) is 4.79 Å². The summed E-state index contributed by atoms with van der Waals surface area (Å²) in [7, 11) is 0. The molecule has 1 saturated carbocycles. The van der Waals surface area contributed by atoms with Crippen molar-refractivity contribution >= 4 is 5.91 Å². The van der Waals surface area contributed by atoms with Crippen LogP contribution in [0.1, 0.15) is 69.0 Å². The van der Waals surface area contributed by atoms with Crippen molar-refractivity contribution in [3.05, 3.63) is 35.4 Å². The lowest BCUT2D eigenvalue weighted by atomic mass is 9.85. The predicted octanol–water partition coefficient (Wildman–Crippen LogP) is 2.85. The number of benzene rings is 1. The van der Waals surface area contributed by atoms with E-state index < -0.39 is 0 Å². The van der Waals surface area contributed by atoms with Crippen LogP contribution in [0.15, 0.2) is 24.3 Å². The van der Waals surface area contributed by atoms with Gasteiger partial charge in [0.25, 0.3) is 0 Å². The van der Waals surface area contributed by atoms with Gasteiger partial charge in [-0.2, -0.15) is 0 Å². The molecule has 1 heterocycles. The van der Waals surface area contributed by atoms with Gasteiger partial charge in [0.1, 0.15) is 0 Å². The molecule has 0 radical (unpaired) electrons. The van der Waals surface area contributed by atoms with Crippen LogP contribution in [0.2, 0.25) is 0 Å². The van der Waals surface area contributed by atoms with Gasteiger partial charge in [0, 0.05) is 18.6 Å². The monoisotopic (exact) mass is 329 g/mol. The zero-order valence-corrected chi connectivity index (χ0v) is 14.9. The standard InChI is InChI=1S/C20H31N3O/c1-13(2)14-7-9-15(10-8-14)17(21)12-22-20(24)19-11-16-5-3-4-6-18(16)23-19/h7-10,13,16-19,23H,3-6,11-12,21H2,1-2H3,(H,22,24). The summed E-state index contributed by atoms with van der Waals surface area (Å²) in [4.78, 5) is 12.4. The average molecular weight is 329 g/mol. The first-order valence-corrected chi connectivity index (χ1v) is 9.44. The number of nitrogens with one attached hydrogen (secondary N) is 2. The van der Waals surface area contributed by atoms with Crippen molar-refractivity contribution in [2.45, 2.75) is 70.0 Å². The summed E-state index contributed by atoms with van der Waals surface area (Å²) in [6.07, 6.45) is 6.07. The van der Waals surface area contributed by atoms with Gasteiger partial charge in [0.05, 0.1) is 6.04 Å². The van der Waals surface area contributed by atoms with Crippen LogP contribution >= 0.6 is 0 Å². The topological polar surface area (TPSA) is 67.1 Å². The van der Waals surface area contributed by atoms with E-state index >= 15 is 0 Å². The largest absolute Gasteiger partial charge is 0.353 e. The summed E-state index contributed by atoms with van der Waals surface area (Å²) in [5.41, 5.74) is 8.64. The van der Waals surface area contributed by atoms with E-state index in [2.05, 4.69) is 48.7 Å². The van der Waals surface area contributed by atoms with E-state index in [1.165, 1.54) is 31.2 Å². The highest BCUT2D eigenvalue weighted by atomic mass is 16.2. The van der Waals surface area contributed by atoms with E-state index in [0.29, 0.717) is 24.4 Å². The van der Waals surface area contributed by atoms with Crippen molar-refractivity contribution in [1.29, 1.82) is 0 Å². The Hall–Kier alpha value is -1.39. The molecule has 1 amide bonds. The van der Waals surface area contributed by atoms with Crippen LogP contribution in [-0.4, -0.2) is 24.5 Å². The van der Waals surface area contributed by atoms with Crippen molar-refractivity contribution < 1.29 is 4.79 Å². The van der Waals surface area contributed by atoms with Crippen LogP contribution in [0, 0.1) is 5.92 Å². The third kappa shape index (κ3) is 3.98. The second-order valence-electron chi connectivity index (χ2n) is 7.78. The Kier molecular flexibility index (Phi) is 5.57. The van der Waals surface area contributed by atoms with Gasteiger partial charge in [-0.1, -0.05) is 51.0 Å². The molecule has 1 aliphatic heterocycles. The smallest absolute Gasteiger partial charge is 0.237 e. The van der Waals surface area contributed by atoms with Gasteiger partial charge in [0.2, 0.25) is 5.91 Å². The summed E-state index contributed by atoms with van der Waals surface area (Å²) < 4.78 is 0. The Morgan fingerprint density at radius 2 is 1.88 bits per heavy atom. The maximum absolute atomic E-state index is 12.4. The fraction of sp³-hybridized carbons (Fsp3) is 0.650. The van der Waals surface area contributed by atoms with E-state index in [-0.39, 0.29) is 18.0 Å². The minimum Gasteiger partial charge on any atom is -0.353 e. The molecule has 4 unspecified atom stereocenters. The number of carbonyl (C=O) groups is 1. The Balaban J connectivity index is 1.49. The van der Waals surface area contributed by atoms with Crippen molar-refractivity contribution in [3.63, 3.8) is 0 Å². The predicted molar refractivity (Wildman–Crippen MR) is 97.8 cm³/mol. The summed E-state index contributed by atoms with van der Waals surface area (Å²) in [6, 6.07) is 8.78. The molecule has 3 rings (SSSR count). The number of rotatable bonds is 5. The zero-order valence-electron chi connectivity index (χ0n) is 14.9. The molecule has 2 aliphatic rings. The first-order chi connectivity index (χ1) is 11.5. The fourth-order valence-electron chi connectivity index (χ4n) is 4.10. The van der Waals surface area contributed by atoms with Gasteiger partial charge in [-0.05, 0) is 42.2 Å². The van der Waals surface area contributed by atoms with E-state index in [1.807, 2.05) is 0 Å². The number of hydrogen-bond donors (Lipinski definition) is 3. The van der Waals surface area contributed by atoms with Crippen LogP contribution in [-0.2, 0) is 4.79 Å². The quantitative estimate of drug-likeness (QED) is 0.778. The lowest BCUT2D eigenvalue weighted by Gasteiger charge is -2.24. The molecule has 1 aromatic carbocycles. The van der Waals surface area contributed by atoms with E-state index in [1.54, 1.807) is 0 Å². The van der Waals surface area contributed by atoms with Gasteiger partial charge >= 0.3 is 0 Å². The highest BCUT2D eigenvalue weighted by Crippen LogP contribution is 2.33. The van der Waals surface area contributed by atoms with Crippen molar-refractivity contribution in [2.75, 3.05) is 6.54 Å². The highest BCUT2D eigenvalue weighted by molar-refractivity contribution is 5.82. The maximum Gasteiger partial charge on any atom is 0.237 e. The Morgan fingerprint density at radius 3 is 2.54 bits per heavy atom. The number of hydrogen-bond acceptors (Lipinski definition) is 3. The van der Waals surface area contributed by atoms with Gasteiger partial charge in [0.15, 0.2) is 0 Å². The number of carbonyl (C=O) groups excluding carboxylic acids is 1. The first kappa shape index (κ1) is 17.4. The molecule has 132 valence electrons. The van der Waals surface area contributed by atoms with E-state index in [0.717, 1.165) is 12.0 Å². The fourth-order valence-corrected chi connectivity index (χ4v) is 4.10. The molecule has 4 nitrogen and oxygen atoms in total. The molecule has 2 fully saturated rings. The second kappa shape index (κ2) is 7.66. The SMILES string of the molecule is CC(C)c1ccc(C(N)CNC(=O)C2CC3CCCCC3N2)cc1. The third-order valence-electron chi connectivity index (χ3n) is 5.71. The number of amides is 1. The summed E-state index contributed by atoms with van der Waals surface area (Å²) in [5, 5.41) is 6.57. The van der Waals surface area contributed by atoms with E-state index in [4.69, 9.17) is 5.73 Å². The summed E-state index contributed by atoms with van der Waals surface area (Å²) in [5.74, 6) is 1.32. The van der Waals surface area contributed by atoms with Gasteiger partial charge in [-0.15, -0.1) is 0 Å². The molecule has 0 bridgehead atoms. The van der Waals surface area contributed by atoms with Gasteiger partial charge in [-0.25, -0.2) is 0 Å². The van der Waals surface area contributed by atoms with Gasteiger partial charge in [-0.3, -0.25) is 4.79 Å². The summed E-state index contributed by atoms with van der Waals surface area (Å²) in [6.45, 7) is 4.86. The van der Waals surface area contributed by atoms with Crippen LogP contribution in [0.4, 0.5) is 0 Å². The van der Waals surface area contributed by atoms with Crippen molar-refractivity contribution in [1.82, 2.24) is 10.6 Å². The average Bonchev–Trinajstić information content (AvgIpc) is 3.03. The minimum atomic E-state index is -0.154. The zero-order chi connectivity index (χ0) is 17.1. The molecule has 0 spiro atoms. The van der Waals surface area contributed by atoms with Crippen LogP contribution in [0.3, 0.4) is 0 Å². The molecule has 4 atom stereocenters. The van der Waals surface area contributed by atoms with Crippen molar-refractivity contribution in [2.24, 2.45) is 11.7 Å². The second-order valence-corrected chi connectivity index (χ2v) is 7.78. The molecule has 4 heteroatoms. The molecule has 24 heavy (non-hydrogen) atoms. The molecule has 1 aromatic rings. The maximum atomic E-state index is 12.4. The molecule has 1 aliphatic carbocycles. The first-order valence-electron chi connectivity index (χ1n) is 9.44. The summed E-state index contributed by atoms with van der Waals surface area (Å²) >= 11 is 0. The third-order valence-corrected chi connectivity index (χ3v) is 5.71. The molecule has 4 N–H and O–H groups in total. The Labute approximate surface area is 145 Å². The number of nitrogens with two attached hydrogens (primary N) is 1. The Bertz CT molecular complexity index is 541. The van der Waals surface area contributed by atoms with Crippen molar-refractivity contribution in [3.8, 4) is 0 Å². The van der Waals surface area contributed by atoms with Crippen LogP contribution in [0.5, 0.6) is 0 Å². The lowest BCUT2D eigenvalue weighted by molar-refractivity contribution is -0.122. The normalized spacial score (nSPS) is 27.8. The molecular formula is C20H31N3O. The minimum absolute atomic E-state index is 0.0337. The molecular weight excluding hydrogens is 298 g/mol. The Morgan fingerprint density at radius 1 is 1.21 bits per heavy atom. The van der Waals surface area contributed by atoms with Crippen LogP contribution in [0.25, 0.3) is 0 Å².